The Morgan fingerprint density at radius 2 is 1.93 bits per heavy atom. The van der Waals surface area contributed by atoms with Gasteiger partial charge in [-0.25, -0.2) is 0 Å². The number of aliphatic hydroxyl groups is 1. The fraction of sp³-hybridized carbons (Fsp3) is 1.00. The first-order chi connectivity index (χ1) is 7.36. The zero-order valence-corrected chi connectivity index (χ0v) is 9.36. The largest absolute Gasteiger partial charge is 0.393 e. The van der Waals surface area contributed by atoms with Crippen LogP contribution in [0.15, 0.2) is 0 Å². The Labute approximate surface area is 91.8 Å². The molecule has 2 atom stereocenters. The summed E-state index contributed by atoms with van der Waals surface area (Å²) in [5, 5.41) is 10.0. The number of hydrogen-bond acceptors (Lipinski definition) is 3. The van der Waals surface area contributed by atoms with Gasteiger partial charge in [0.05, 0.1) is 12.2 Å². The normalized spacial score (nSPS) is 30.6. The number of rotatable bonds is 4. The molecular weight excluding hydrogens is 192 g/mol. The summed E-state index contributed by atoms with van der Waals surface area (Å²) in [6, 6.07) is 0. The van der Waals surface area contributed by atoms with Gasteiger partial charge in [-0.05, 0) is 44.4 Å². The van der Waals surface area contributed by atoms with Crippen molar-refractivity contribution < 1.29 is 14.6 Å². The predicted octanol–water partition coefficient (Wildman–Crippen LogP) is 1.73. The molecule has 2 aliphatic rings. The van der Waals surface area contributed by atoms with E-state index in [1.807, 2.05) is 0 Å². The predicted molar refractivity (Wildman–Crippen MR) is 57.8 cm³/mol. The molecule has 3 nitrogen and oxygen atoms in total. The van der Waals surface area contributed by atoms with Crippen LogP contribution in [0, 0.1) is 5.92 Å². The van der Waals surface area contributed by atoms with Crippen molar-refractivity contribution in [2.75, 3.05) is 19.8 Å². The van der Waals surface area contributed by atoms with Crippen molar-refractivity contribution >= 4 is 0 Å². The molecule has 1 N–H and O–H groups in total. The van der Waals surface area contributed by atoms with Crippen LogP contribution >= 0.6 is 0 Å². The van der Waals surface area contributed by atoms with Crippen LogP contribution in [0.3, 0.4) is 0 Å². The molecule has 2 rings (SSSR count). The Bertz CT molecular complexity index is 172. The second kappa shape index (κ2) is 5.83. The molecule has 0 aromatic carbocycles. The molecule has 0 amide bonds. The van der Waals surface area contributed by atoms with Crippen molar-refractivity contribution in [2.24, 2.45) is 5.92 Å². The van der Waals surface area contributed by atoms with E-state index in [2.05, 4.69) is 0 Å². The first-order valence-electron chi connectivity index (χ1n) is 6.23. The zero-order valence-electron chi connectivity index (χ0n) is 9.36. The van der Waals surface area contributed by atoms with E-state index >= 15 is 0 Å². The molecular formula is C12H22O3. The standard InChI is InChI=1S/C12H22O3/c13-12(10-5-8-14-9-6-10)4-3-11-2-1-7-15-11/h10-13H,1-9H2. The summed E-state index contributed by atoms with van der Waals surface area (Å²) in [4.78, 5) is 0. The van der Waals surface area contributed by atoms with Gasteiger partial charge >= 0.3 is 0 Å². The minimum atomic E-state index is -0.141. The van der Waals surface area contributed by atoms with Crippen LogP contribution in [0.25, 0.3) is 0 Å². The highest BCUT2D eigenvalue weighted by Crippen LogP contribution is 2.24. The summed E-state index contributed by atoms with van der Waals surface area (Å²) in [7, 11) is 0. The highest BCUT2D eigenvalue weighted by atomic mass is 16.5. The molecule has 0 bridgehead atoms. The van der Waals surface area contributed by atoms with E-state index in [4.69, 9.17) is 9.47 Å². The van der Waals surface area contributed by atoms with Crippen LogP contribution in [0.1, 0.15) is 38.5 Å². The van der Waals surface area contributed by atoms with E-state index in [1.54, 1.807) is 0 Å². The average molecular weight is 214 g/mol. The quantitative estimate of drug-likeness (QED) is 0.774. The summed E-state index contributed by atoms with van der Waals surface area (Å²) in [5.74, 6) is 0.458. The average Bonchev–Trinajstić information content (AvgIpc) is 2.80. The molecule has 0 spiro atoms. The first-order valence-corrected chi connectivity index (χ1v) is 6.23. The highest BCUT2D eigenvalue weighted by molar-refractivity contribution is 4.74. The van der Waals surface area contributed by atoms with Gasteiger partial charge in [0.2, 0.25) is 0 Å². The van der Waals surface area contributed by atoms with Crippen molar-refractivity contribution in [2.45, 2.75) is 50.7 Å². The minimum absolute atomic E-state index is 0.141. The molecule has 2 saturated heterocycles. The molecule has 15 heavy (non-hydrogen) atoms. The van der Waals surface area contributed by atoms with Gasteiger partial charge in [0.25, 0.3) is 0 Å². The lowest BCUT2D eigenvalue weighted by Gasteiger charge is -2.27. The lowest BCUT2D eigenvalue weighted by Crippen LogP contribution is -2.28. The van der Waals surface area contributed by atoms with Crippen molar-refractivity contribution in [1.82, 2.24) is 0 Å². The van der Waals surface area contributed by atoms with E-state index in [1.165, 1.54) is 12.8 Å². The molecule has 2 heterocycles. The van der Waals surface area contributed by atoms with Crippen LogP contribution in [-0.4, -0.2) is 37.1 Å². The maximum atomic E-state index is 10.0. The molecule has 0 aromatic heterocycles. The van der Waals surface area contributed by atoms with Gasteiger partial charge < -0.3 is 14.6 Å². The molecule has 0 aromatic rings. The molecule has 88 valence electrons. The van der Waals surface area contributed by atoms with Crippen LogP contribution in [0.5, 0.6) is 0 Å². The molecule has 0 radical (unpaired) electrons. The summed E-state index contributed by atoms with van der Waals surface area (Å²) in [5.41, 5.74) is 0. The number of hydrogen-bond donors (Lipinski definition) is 1. The molecule has 2 aliphatic heterocycles. The van der Waals surface area contributed by atoms with Crippen molar-refractivity contribution in [1.29, 1.82) is 0 Å². The number of aliphatic hydroxyl groups excluding tert-OH is 1. The van der Waals surface area contributed by atoms with Gasteiger partial charge in [0.1, 0.15) is 0 Å². The van der Waals surface area contributed by atoms with E-state index in [0.29, 0.717) is 12.0 Å². The zero-order chi connectivity index (χ0) is 10.5. The SMILES string of the molecule is OC(CCC1CCCO1)C1CCOCC1. The Morgan fingerprint density at radius 3 is 2.60 bits per heavy atom. The minimum Gasteiger partial charge on any atom is -0.393 e. The second-order valence-corrected chi connectivity index (χ2v) is 4.73. The lowest BCUT2D eigenvalue weighted by molar-refractivity contribution is -0.00237. The van der Waals surface area contributed by atoms with Gasteiger partial charge in [0, 0.05) is 19.8 Å². The first kappa shape index (κ1) is 11.4. The molecule has 3 heteroatoms. The third kappa shape index (κ3) is 3.44. The summed E-state index contributed by atoms with van der Waals surface area (Å²) < 4.78 is 10.8. The third-order valence-corrected chi connectivity index (χ3v) is 3.62. The summed E-state index contributed by atoms with van der Waals surface area (Å²) in [6.07, 6.45) is 6.61. The Hall–Kier alpha value is -0.120. The second-order valence-electron chi connectivity index (χ2n) is 4.73. The van der Waals surface area contributed by atoms with Crippen LogP contribution in [0.4, 0.5) is 0 Å². The molecule has 2 unspecified atom stereocenters. The maximum absolute atomic E-state index is 10.0. The highest BCUT2D eigenvalue weighted by Gasteiger charge is 2.24. The van der Waals surface area contributed by atoms with Gasteiger partial charge in [-0.2, -0.15) is 0 Å². The van der Waals surface area contributed by atoms with Gasteiger partial charge in [-0.15, -0.1) is 0 Å². The molecule has 0 aliphatic carbocycles. The van der Waals surface area contributed by atoms with E-state index in [0.717, 1.165) is 45.5 Å². The fourth-order valence-corrected chi connectivity index (χ4v) is 2.56. The Morgan fingerprint density at radius 1 is 1.13 bits per heavy atom. The van der Waals surface area contributed by atoms with Crippen LogP contribution < -0.4 is 0 Å². The van der Waals surface area contributed by atoms with Gasteiger partial charge in [0.15, 0.2) is 0 Å². The van der Waals surface area contributed by atoms with Gasteiger partial charge in [-0.1, -0.05) is 0 Å². The summed E-state index contributed by atoms with van der Waals surface area (Å²) in [6.45, 7) is 2.56. The van der Waals surface area contributed by atoms with Crippen LogP contribution in [0.2, 0.25) is 0 Å². The lowest BCUT2D eigenvalue weighted by atomic mass is 9.90. The maximum Gasteiger partial charge on any atom is 0.0577 e. The monoisotopic (exact) mass is 214 g/mol. The third-order valence-electron chi connectivity index (χ3n) is 3.62. The topological polar surface area (TPSA) is 38.7 Å². The van der Waals surface area contributed by atoms with Crippen molar-refractivity contribution in [3.8, 4) is 0 Å². The summed E-state index contributed by atoms with van der Waals surface area (Å²) >= 11 is 0. The van der Waals surface area contributed by atoms with E-state index in [-0.39, 0.29) is 6.10 Å². The fourth-order valence-electron chi connectivity index (χ4n) is 2.56. The van der Waals surface area contributed by atoms with E-state index in [9.17, 15) is 5.11 Å². The Balaban J connectivity index is 1.64. The van der Waals surface area contributed by atoms with Crippen LogP contribution in [-0.2, 0) is 9.47 Å². The van der Waals surface area contributed by atoms with Crippen molar-refractivity contribution in [3.63, 3.8) is 0 Å². The Kier molecular flexibility index (Phi) is 4.42. The van der Waals surface area contributed by atoms with Gasteiger partial charge in [-0.3, -0.25) is 0 Å². The molecule has 2 fully saturated rings. The number of ether oxygens (including phenoxy) is 2. The molecule has 0 saturated carbocycles. The van der Waals surface area contributed by atoms with Crippen molar-refractivity contribution in [3.05, 3.63) is 0 Å². The smallest absolute Gasteiger partial charge is 0.0577 e. The van der Waals surface area contributed by atoms with E-state index < -0.39 is 0 Å².